The zero-order valence-corrected chi connectivity index (χ0v) is 20.2. The fraction of sp³-hybridized carbons (Fsp3) is 0.636. The maximum atomic E-state index is 12.8. The van der Waals surface area contributed by atoms with E-state index >= 15 is 0 Å². The molecule has 1 aliphatic heterocycles. The highest BCUT2D eigenvalue weighted by Gasteiger charge is 2.41. The molecule has 2 N–H and O–H groups in total. The molecular formula is C22H32F3IN4O. The van der Waals surface area contributed by atoms with Crippen molar-refractivity contribution in [1.29, 1.82) is 0 Å². The minimum absolute atomic E-state index is 0. The van der Waals surface area contributed by atoms with Crippen LogP contribution in [0.15, 0.2) is 29.3 Å². The van der Waals surface area contributed by atoms with Crippen LogP contribution in [-0.2, 0) is 17.9 Å². The lowest BCUT2D eigenvalue weighted by molar-refractivity contribution is -0.182. The predicted octanol–water partition coefficient (Wildman–Crippen LogP) is 4.60. The number of nitrogens with zero attached hydrogens (tertiary/aromatic N) is 2. The Morgan fingerprint density at radius 1 is 1.13 bits per heavy atom. The van der Waals surface area contributed by atoms with Gasteiger partial charge in [0.25, 0.3) is 0 Å². The fourth-order valence-corrected chi connectivity index (χ4v) is 4.17. The van der Waals surface area contributed by atoms with Crippen molar-refractivity contribution in [2.45, 2.75) is 70.8 Å². The maximum absolute atomic E-state index is 12.8. The average Bonchev–Trinajstić information content (AvgIpc) is 3.15. The van der Waals surface area contributed by atoms with Crippen LogP contribution in [0.1, 0.15) is 56.6 Å². The zero-order valence-electron chi connectivity index (χ0n) is 17.9. The molecule has 2 aliphatic rings. The Morgan fingerprint density at radius 3 is 2.29 bits per heavy atom. The summed E-state index contributed by atoms with van der Waals surface area (Å²) in [5.74, 6) is -0.434. The Hall–Kier alpha value is -1.52. The van der Waals surface area contributed by atoms with Crippen LogP contribution in [0.5, 0.6) is 0 Å². The molecule has 1 heterocycles. The first-order chi connectivity index (χ1) is 14.4. The number of benzene rings is 1. The van der Waals surface area contributed by atoms with Crippen molar-refractivity contribution < 1.29 is 18.0 Å². The number of nitrogens with one attached hydrogen (secondary N) is 2. The quantitative estimate of drug-likeness (QED) is 0.235. The molecule has 0 atom stereocenters. The lowest BCUT2D eigenvalue weighted by Gasteiger charge is -2.31. The second kappa shape index (κ2) is 11.9. The van der Waals surface area contributed by atoms with Crippen LogP contribution in [0.2, 0.25) is 0 Å². The van der Waals surface area contributed by atoms with Gasteiger partial charge in [-0.25, -0.2) is 0 Å². The Balaban J connectivity index is 0.00000341. The fourth-order valence-electron chi connectivity index (χ4n) is 4.17. The minimum atomic E-state index is -4.09. The molecule has 0 radical (unpaired) electrons. The van der Waals surface area contributed by atoms with Gasteiger partial charge >= 0.3 is 6.18 Å². The van der Waals surface area contributed by atoms with E-state index in [9.17, 15) is 18.0 Å². The highest BCUT2D eigenvalue weighted by Crippen LogP contribution is 2.37. The molecule has 9 heteroatoms. The molecule has 1 saturated carbocycles. The van der Waals surface area contributed by atoms with E-state index in [-0.39, 0.29) is 48.8 Å². The number of carbonyl (C=O) groups is 1. The SMILES string of the molecule is CCNC(=NCCCC(=O)N1Cc2ccccc2C1)NC1CCC(C(F)(F)F)CC1.I. The van der Waals surface area contributed by atoms with Gasteiger partial charge in [-0.15, -0.1) is 24.0 Å². The van der Waals surface area contributed by atoms with E-state index in [1.807, 2.05) is 24.0 Å². The van der Waals surface area contributed by atoms with Crippen molar-refractivity contribution in [3.63, 3.8) is 0 Å². The van der Waals surface area contributed by atoms with Gasteiger partial charge in [-0.2, -0.15) is 13.2 Å². The summed E-state index contributed by atoms with van der Waals surface area (Å²) in [6.07, 6.45) is -1.71. The van der Waals surface area contributed by atoms with Crippen LogP contribution in [0.3, 0.4) is 0 Å². The van der Waals surface area contributed by atoms with Crippen LogP contribution in [0.25, 0.3) is 0 Å². The number of halogens is 4. The second-order valence-electron chi connectivity index (χ2n) is 8.12. The van der Waals surface area contributed by atoms with Crippen LogP contribution in [0, 0.1) is 5.92 Å². The van der Waals surface area contributed by atoms with Gasteiger partial charge in [0.05, 0.1) is 5.92 Å². The Kier molecular flexibility index (Phi) is 9.90. The summed E-state index contributed by atoms with van der Waals surface area (Å²) >= 11 is 0. The molecule has 0 saturated heterocycles. The zero-order chi connectivity index (χ0) is 21.6. The number of hydrogen-bond donors (Lipinski definition) is 2. The Morgan fingerprint density at radius 2 is 1.74 bits per heavy atom. The molecule has 1 aromatic rings. The van der Waals surface area contributed by atoms with Gasteiger partial charge in [0, 0.05) is 38.6 Å². The molecule has 1 amide bonds. The first-order valence-corrected chi connectivity index (χ1v) is 10.8. The number of carbonyl (C=O) groups excluding carboxylic acids is 1. The molecule has 31 heavy (non-hydrogen) atoms. The molecule has 0 unspecified atom stereocenters. The number of fused-ring (bicyclic) bond motifs is 1. The van der Waals surface area contributed by atoms with E-state index in [1.165, 1.54) is 11.1 Å². The first kappa shape index (κ1) is 25.7. The molecule has 1 aromatic carbocycles. The summed E-state index contributed by atoms with van der Waals surface area (Å²) in [7, 11) is 0. The number of aliphatic imine (C=N–C) groups is 1. The van der Waals surface area contributed by atoms with Crippen molar-refractivity contribution in [1.82, 2.24) is 15.5 Å². The summed E-state index contributed by atoms with van der Waals surface area (Å²) in [4.78, 5) is 18.9. The van der Waals surface area contributed by atoms with E-state index in [0.29, 0.717) is 57.8 Å². The number of guanidine groups is 1. The third-order valence-electron chi connectivity index (χ3n) is 5.89. The maximum Gasteiger partial charge on any atom is 0.391 e. The highest BCUT2D eigenvalue weighted by atomic mass is 127. The van der Waals surface area contributed by atoms with E-state index < -0.39 is 12.1 Å². The van der Waals surface area contributed by atoms with Crippen molar-refractivity contribution in [3.05, 3.63) is 35.4 Å². The summed E-state index contributed by atoms with van der Waals surface area (Å²) < 4.78 is 38.5. The van der Waals surface area contributed by atoms with Gasteiger partial charge in [-0.05, 0) is 50.2 Å². The van der Waals surface area contributed by atoms with Crippen molar-refractivity contribution in [3.8, 4) is 0 Å². The topological polar surface area (TPSA) is 56.7 Å². The van der Waals surface area contributed by atoms with Crippen molar-refractivity contribution in [2.24, 2.45) is 10.9 Å². The largest absolute Gasteiger partial charge is 0.391 e. The number of amides is 1. The second-order valence-corrected chi connectivity index (χ2v) is 8.12. The lowest BCUT2D eigenvalue weighted by atomic mass is 9.85. The summed E-state index contributed by atoms with van der Waals surface area (Å²) in [5, 5.41) is 6.41. The Bertz CT molecular complexity index is 724. The van der Waals surface area contributed by atoms with E-state index in [2.05, 4.69) is 27.8 Å². The molecule has 5 nitrogen and oxygen atoms in total. The van der Waals surface area contributed by atoms with Gasteiger partial charge in [-0.1, -0.05) is 24.3 Å². The van der Waals surface area contributed by atoms with E-state index in [4.69, 9.17) is 0 Å². The first-order valence-electron chi connectivity index (χ1n) is 10.8. The summed E-state index contributed by atoms with van der Waals surface area (Å²) in [5.41, 5.74) is 2.42. The van der Waals surface area contributed by atoms with Gasteiger partial charge < -0.3 is 15.5 Å². The summed E-state index contributed by atoms with van der Waals surface area (Å²) in [6.45, 7) is 4.47. The van der Waals surface area contributed by atoms with Crippen LogP contribution >= 0.6 is 24.0 Å². The third-order valence-corrected chi connectivity index (χ3v) is 5.89. The predicted molar refractivity (Wildman–Crippen MR) is 126 cm³/mol. The van der Waals surface area contributed by atoms with Crippen LogP contribution in [-0.4, -0.2) is 42.1 Å². The molecule has 3 rings (SSSR count). The van der Waals surface area contributed by atoms with Crippen LogP contribution < -0.4 is 10.6 Å². The number of hydrogen-bond acceptors (Lipinski definition) is 2. The monoisotopic (exact) mass is 552 g/mol. The van der Waals surface area contributed by atoms with Gasteiger partial charge in [0.15, 0.2) is 5.96 Å². The minimum Gasteiger partial charge on any atom is -0.357 e. The van der Waals surface area contributed by atoms with Crippen molar-refractivity contribution in [2.75, 3.05) is 13.1 Å². The lowest BCUT2D eigenvalue weighted by Crippen LogP contribution is -2.45. The molecule has 174 valence electrons. The van der Waals surface area contributed by atoms with E-state index in [0.717, 1.165) is 0 Å². The smallest absolute Gasteiger partial charge is 0.357 e. The number of rotatable bonds is 6. The third kappa shape index (κ3) is 7.54. The Labute approximate surface area is 199 Å². The highest BCUT2D eigenvalue weighted by molar-refractivity contribution is 14.0. The molecule has 0 spiro atoms. The van der Waals surface area contributed by atoms with Gasteiger partial charge in [-0.3, -0.25) is 9.79 Å². The van der Waals surface area contributed by atoms with Gasteiger partial charge in [0.1, 0.15) is 0 Å². The normalized spacial score (nSPS) is 21.3. The summed E-state index contributed by atoms with van der Waals surface area (Å²) in [6, 6.07) is 8.11. The van der Waals surface area contributed by atoms with Crippen LogP contribution in [0.4, 0.5) is 13.2 Å². The molecule has 0 aromatic heterocycles. The molecule has 1 fully saturated rings. The molecular weight excluding hydrogens is 520 g/mol. The van der Waals surface area contributed by atoms with E-state index in [1.54, 1.807) is 0 Å². The number of alkyl halides is 3. The standard InChI is InChI=1S/C22H31F3N4O.HI/c1-2-26-21(28-19-11-9-18(10-12-19)22(23,24)25)27-13-5-8-20(30)29-14-16-6-3-4-7-17(16)15-29;/h3-4,6-7,18-19H,2,5,8-15H2,1H3,(H2,26,27,28);1H. The van der Waals surface area contributed by atoms with Crippen molar-refractivity contribution >= 4 is 35.8 Å². The molecule has 0 bridgehead atoms. The average molecular weight is 552 g/mol. The van der Waals surface area contributed by atoms with Gasteiger partial charge in [0.2, 0.25) is 5.91 Å². The molecule has 1 aliphatic carbocycles.